The number of nitrogens with zero attached hydrogens (tertiary/aromatic N) is 4. The lowest BCUT2D eigenvalue weighted by Crippen LogP contribution is -2.28. The zero-order chi connectivity index (χ0) is 19.8. The van der Waals surface area contributed by atoms with E-state index in [0.29, 0.717) is 5.69 Å². The molecule has 1 unspecified atom stereocenters. The summed E-state index contributed by atoms with van der Waals surface area (Å²) in [6.45, 7) is 4.62. The number of hydrogen-bond donors (Lipinski definition) is 1. The molecule has 6 nitrogen and oxygen atoms in total. The maximum atomic E-state index is 13.1. The fourth-order valence-corrected chi connectivity index (χ4v) is 3.76. The van der Waals surface area contributed by atoms with Crippen molar-refractivity contribution in [2.75, 3.05) is 0 Å². The summed E-state index contributed by atoms with van der Waals surface area (Å²) in [4.78, 5) is 12.2. The molecule has 2 aromatic heterocycles. The Bertz CT molecular complexity index is 825. The van der Waals surface area contributed by atoms with Gasteiger partial charge in [-0.3, -0.25) is 14.2 Å². The molecule has 1 atom stereocenters. The molecule has 27 heavy (non-hydrogen) atoms. The van der Waals surface area contributed by atoms with E-state index in [9.17, 15) is 18.0 Å². The predicted molar refractivity (Wildman–Crippen MR) is 96.0 cm³/mol. The first-order valence-corrected chi connectivity index (χ1v) is 9.66. The highest BCUT2D eigenvalue weighted by Gasteiger charge is 2.41. The van der Waals surface area contributed by atoms with Gasteiger partial charge in [-0.15, -0.1) is 0 Å². The van der Waals surface area contributed by atoms with E-state index in [-0.39, 0.29) is 35.3 Å². The van der Waals surface area contributed by atoms with Gasteiger partial charge in [-0.25, -0.2) is 0 Å². The Labute approximate surface area is 163 Å². The average molecular weight is 448 g/mol. The third-order valence-electron chi connectivity index (χ3n) is 4.52. The third kappa shape index (κ3) is 4.53. The van der Waals surface area contributed by atoms with Crippen LogP contribution in [0.3, 0.4) is 0 Å². The van der Waals surface area contributed by atoms with Gasteiger partial charge in [0.1, 0.15) is 0 Å². The smallest absolute Gasteiger partial charge is 0.348 e. The molecule has 0 saturated heterocycles. The fourth-order valence-electron chi connectivity index (χ4n) is 2.93. The van der Waals surface area contributed by atoms with Gasteiger partial charge in [-0.2, -0.15) is 23.4 Å². The van der Waals surface area contributed by atoms with Crippen molar-refractivity contribution in [1.29, 1.82) is 0 Å². The van der Waals surface area contributed by atoms with Crippen LogP contribution in [-0.4, -0.2) is 25.5 Å². The van der Waals surface area contributed by atoms with Gasteiger partial charge in [0.25, 0.3) is 0 Å². The van der Waals surface area contributed by atoms with Crippen LogP contribution in [0, 0.1) is 0 Å². The molecule has 1 aliphatic carbocycles. The van der Waals surface area contributed by atoms with Crippen molar-refractivity contribution < 1.29 is 18.0 Å². The Morgan fingerprint density at radius 2 is 2.11 bits per heavy atom. The van der Waals surface area contributed by atoms with E-state index in [2.05, 4.69) is 31.4 Å². The van der Waals surface area contributed by atoms with Gasteiger partial charge in [-0.05, 0) is 48.7 Å². The Balaban J connectivity index is 1.65. The number of carbonyl (C=O) groups excluding carboxylic acids is 1. The summed E-state index contributed by atoms with van der Waals surface area (Å²) in [5.41, 5.74) is 0.346. The first-order valence-electron chi connectivity index (χ1n) is 8.86. The van der Waals surface area contributed by atoms with Crippen molar-refractivity contribution in [2.24, 2.45) is 0 Å². The molecule has 10 heteroatoms. The van der Waals surface area contributed by atoms with Gasteiger partial charge in [0, 0.05) is 25.1 Å². The number of nitrogens with one attached hydrogen (secondary N) is 1. The van der Waals surface area contributed by atoms with Crippen molar-refractivity contribution in [2.45, 2.75) is 64.3 Å². The van der Waals surface area contributed by atoms with Gasteiger partial charge in [0.15, 0.2) is 5.69 Å². The van der Waals surface area contributed by atoms with Crippen molar-refractivity contribution in [3.8, 4) is 0 Å². The summed E-state index contributed by atoms with van der Waals surface area (Å²) in [7, 11) is 0. The third-order valence-corrected chi connectivity index (χ3v) is 5.30. The van der Waals surface area contributed by atoms with E-state index < -0.39 is 11.9 Å². The lowest BCUT2D eigenvalue weighted by atomic mass is 10.2. The van der Waals surface area contributed by atoms with E-state index in [1.165, 1.54) is 4.68 Å². The Morgan fingerprint density at radius 1 is 1.41 bits per heavy atom. The van der Waals surface area contributed by atoms with Crippen LogP contribution in [0.25, 0.3) is 0 Å². The zero-order valence-electron chi connectivity index (χ0n) is 15.1. The monoisotopic (exact) mass is 447 g/mol. The number of amides is 1. The van der Waals surface area contributed by atoms with Crippen LogP contribution < -0.4 is 5.32 Å². The first kappa shape index (κ1) is 19.9. The molecule has 0 bridgehead atoms. The van der Waals surface area contributed by atoms with E-state index in [0.717, 1.165) is 25.1 Å². The minimum Gasteiger partial charge on any atom is -0.348 e. The van der Waals surface area contributed by atoms with Crippen LogP contribution in [-0.2, 0) is 24.1 Å². The highest BCUT2D eigenvalue weighted by Crippen LogP contribution is 2.47. The number of aryl methyl sites for hydroxylation is 2. The summed E-state index contributed by atoms with van der Waals surface area (Å²) >= 11 is 3.05. The highest BCUT2D eigenvalue weighted by molar-refractivity contribution is 9.10. The number of rotatable bonds is 7. The van der Waals surface area contributed by atoms with Crippen molar-refractivity contribution >= 4 is 21.8 Å². The molecule has 0 aromatic carbocycles. The van der Waals surface area contributed by atoms with Crippen LogP contribution in [0.15, 0.2) is 16.7 Å². The van der Waals surface area contributed by atoms with Crippen LogP contribution in [0.1, 0.15) is 62.2 Å². The van der Waals surface area contributed by atoms with Gasteiger partial charge >= 0.3 is 6.18 Å². The van der Waals surface area contributed by atoms with E-state index >= 15 is 0 Å². The number of carbonyl (C=O) groups is 1. The van der Waals surface area contributed by atoms with E-state index in [1.807, 2.05) is 26.1 Å². The number of aromatic nitrogens is 4. The topological polar surface area (TPSA) is 64.7 Å². The van der Waals surface area contributed by atoms with Crippen molar-refractivity contribution in [1.82, 2.24) is 24.9 Å². The van der Waals surface area contributed by atoms with Gasteiger partial charge < -0.3 is 5.32 Å². The standard InChI is InChI=1S/C17H21BrF3N5O/c1-3-25-8-6-12(23-25)10(2)22-13(27)7-9-26-15(11-4-5-11)14(18)16(24-26)17(19,20)21/h6,8,10-11H,3-5,7,9H2,1-2H3,(H,22,27). The molecule has 0 spiro atoms. The van der Waals surface area contributed by atoms with Gasteiger partial charge in [-0.1, -0.05) is 0 Å². The minimum atomic E-state index is -4.53. The average Bonchev–Trinajstić information content (AvgIpc) is 3.19. The largest absolute Gasteiger partial charge is 0.436 e. The summed E-state index contributed by atoms with van der Waals surface area (Å²) in [5.74, 6) is -0.182. The molecule has 2 aromatic rings. The second-order valence-electron chi connectivity index (χ2n) is 6.68. The lowest BCUT2D eigenvalue weighted by molar-refractivity contribution is -0.142. The molecule has 1 saturated carbocycles. The second kappa shape index (κ2) is 7.65. The van der Waals surface area contributed by atoms with E-state index in [4.69, 9.17) is 0 Å². The maximum absolute atomic E-state index is 13.1. The molecule has 2 heterocycles. The lowest BCUT2D eigenvalue weighted by Gasteiger charge is -2.12. The summed E-state index contributed by atoms with van der Waals surface area (Å²) in [5, 5.41) is 10.9. The molecule has 1 fully saturated rings. The minimum absolute atomic E-state index is 0.00335. The van der Waals surface area contributed by atoms with Gasteiger partial charge in [0.05, 0.1) is 28.4 Å². The number of hydrogen-bond acceptors (Lipinski definition) is 3. The van der Waals surface area contributed by atoms with Crippen LogP contribution in [0.5, 0.6) is 0 Å². The second-order valence-corrected chi connectivity index (χ2v) is 7.47. The zero-order valence-corrected chi connectivity index (χ0v) is 16.6. The molecule has 1 aliphatic rings. The Morgan fingerprint density at radius 3 is 2.67 bits per heavy atom. The molecule has 1 amide bonds. The summed E-state index contributed by atoms with van der Waals surface area (Å²) in [6.07, 6.45) is -0.970. The molecular weight excluding hydrogens is 427 g/mol. The molecule has 1 N–H and O–H groups in total. The van der Waals surface area contributed by atoms with Crippen molar-refractivity contribution in [3.63, 3.8) is 0 Å². The van der Waals surface area contributed by atoms with Crippen LogP contribution in [0.4, 0.5) is 13.2 Å². The number of alkyl halides is 3. The van der Waals surface area contributed by atoms with Gasteiger partial charge in [0.2, 0.25) is 5.91 Å². The maximum Gasteiger partial charge on any atom is 0.436 e. The van der Waals surface area contributed by atoms with E-state index in [1.54, 1.807) is 4.68 Å². The quantitative estimate of drug-likeness (QED) is 0.696. The predicted octanol–water partition coefficient (Wildman–Crippen LogP) is 4.03. The molecular formula is C17H21BrF3N5O. The van der Waals surface area contributed by atoms with Crippen molar-refractivity contribution in [3.05, 3.63) is 33.8 Å². The summed E-state index contributed by atoms with van der Waals surface area (Å²) < 4.78 is 42.4. The molecule has 0 radical (unpaired) electrons. The SMILES string of the molecule is CCn1ccc(C(C)NC(=O)CCn2nc(C(F)(F)F)c(Br)c2C2CC2)n1. The van der Waals surface area contributed by atoms with Crippen LogP contribution >= 0.6 is 15.9 Å². The Hall–Kier alpha value is -1.84. The Kier molecular flexibility index (Phi) is 5.64. The van der Waals surface area contributed by atoms with Crippen LogP contribution in [0.2, 0.25) is 0 Å². The summed E-state index contributed by atoms with van der Waals surface area (Å²) in [6, 6.07) is 1.56. The molecule has 0 aliphatic heterocycles. The normalized spacial score (nSPS) is 15.8. The fraction of sp³-hybridized carbons (Fsp3) is 0.588. The first-order chi connectivity index (χ1) is 12.7. The molecule has 3 rings (SSSR count). The highest BCUT2D eigenvalue weighted by atomic mass is 79.9. The number of halogens is 4. The molecule has 148 valence electrons.